The number of aromatic amines is 1. The minimum Gasteiger partial charge on any atom is -0.489 e. The molecule has 0 spiro atoms. The van der Waals surface area contributed by atoms with Crippen molar-refractivity contribution in [1.29, 1.82) is 0 Å². The first kappa shape index (κ1) is 14.1. The molecule has 112 valence electrons. The van der Waals surface area contributed by atoms with Crippen LogP contribution in [0.1, 0.15) is 28.7 Å². The topological polar surface area (TPSA) is 75.2 Å². The van der Waals surface area contributed by atoms with Crippen LogP contribution in [0.3, 0.4) is 0 Å². The van der Waals surface area contributed by atoms with E-state index in [1.54, 1.807) is 24.3 Å². The third-order valence-corrected chi connectivity index (χ3v) is 3.44. The standard InChI is InChI=1S/C17H16N2O3/c1-2-16-18-14-8-7-13(9-15(14)19-16)22-10-11-3-5-12(6-4-11)17(20)21/h3-9H,2,10H2,1H3,(H,18,19)(H,20,21). The van der Waals surface area contributed by atoms with Crippen LogP contribution in [0.25, 0.3) is 11.0 Å². The summed E-state index contributed by atoms with van der Waals surface area (Å²) >= 11 is 0. The SMILES string of the molecule is CCc1nc2ccc(OCc3ccc(C(=O)O)cc3)cc2[nH]1. The number of imidazole rings is 1. The van der Waals surface area contributed by atoms with Gasteiger partial charge in [-0.1, -0.05) is 19.1 Å². The van der Waals surface area contributed by atoms with Crippen LogP contribution in [0, 0.1) is 0 Å². The Morgan fingerprint density at radius 1 is 1.23 bits per heavy atom. The fourth-order valence-corrected chi connectivity index (χ4v) is 2.21. The predicted molar refractivity (Wildman–Crippen MR) is 83.2 cm³/mol. The van der Waals surface area contributed by atoms with Gasteiger partial charge in [-0.15, -0.1) is 0 Å². The lowest BCUT2D eigenvalue weighted by atomic mass is 10.1. The highest BCUT2D eigenvalue weighted by atomic mass is 16.5. The van der Waals surface area contributed by atoms with E-state index in [-0.39, 0.29) is 5.56 Å². The Morgan fingerprint density at radius 3 is 2.68 bits per heavy atom. The third-order valence-electron chi connectivity index (χ3n) is 3.44. The maximum Gasteiger partial charge on any atom is 0.335 e. The van der Waals surface area contributed by atoms with Crippen LogP contribution in [-0.4, -0.2) is 21.0 Å². The monoisotopic (exact) mass is 296 g/mol. The molecular formula is C17H16N2O3. The molecule has 1 aromatic heterocycles. The molecule has 5 heteroatoms. The normalized spacial score (nSPS) is 10.8. The van der Waals surface area contributed by atoms with E-state index >= 15 is 0 Å². The summed E-state index contributed by atoms with van der Waals surface area (Å²) in [6, 6.07) is 12.4. The molecule has 0 fully saturated rings. The second kappa shape index (κ2) is 5.89. The summed E-state index contributed by atoms with van der Waals surface area (Å²) in [5.74, 6) is 0.779. The zero-order chi connectivity index (χ0) is 15.5. The van der Waals surface area contributed by atoms with Crippen molar-refractivity contribution in [2.75, 3.05) is 0 Å². The number of nitrogens with zero attached hydrogens (tertiary/aromatic N) is 1. The number of aromatic carboxylic acids is 1. The van der Waals surface area contributed by atoms with Gasteiger partial charge in [0.1, 0.15) is 18.2 Å². The van der Waals surface area contributed by atoms with E-state index in [4.69, 9.17) is 9.84 Å². The lowest BCUT2D eigenvalue weighted by Gasteiger charge is -2.06. The number of rotatable bonds is 5. The van der Waals surface area contributed by atoms with Crippen LogP contribution >= 0.6 is 0 Å². The van der Waals surface area contributed by atoms with Gasteiger partial charge in [-0.2, -0.15) is 0 Å². The molecule has 0 unspecified atom stereocenters. The van der Waals surface area contributed by atoms with Crippen LogP contribution in [0.2, 0.25) is 0 Å². The molecule has 0 saturated heterocycles. The number of carboxylic acids is 1. The molecule has 0 bridgehead atoms. The molecule has 0 atom stereocenters. The molecule has 5 nitrogen and oxygen atoms in total. The van der Waals surface area contributed by atoms with E-state index in [9.17, 15) is 4.79 Å². The van der Waals surface area contributed by atoms with Gasteiger partial charge in [0.25, 0.3) is 0 Å². The van der Waals surface area contributed by atoms with Crippen LogP contribution in [0.5, 0.6) is 5.75 Å². The number of ether oxygens (including phenoxy) is 1. The predicted octanol–water partition coefficient (Wildman–Crippen LogP) is 3.40. The number of carbonyl (C=O) groups is 1. The molecular weight excluding hydrogens is 280 g/mol. The van der Waals surface area contributed by atoms with Gasteiger partial charge >= 0.3 is 5.97 Å². The average molecular weight is 296 g/mol. The minimum absolute atomic E-state index is 0.273. The van der Waals surface area contributed by atoms with Gasteiger partial charge in [0, 0.05) is 12.5 Å². The third kappa shape index (κ3) is 2.93. The molecule has 0 aliphatic rings. The Hall–Kier alpha value is -2.82. The zero-order valence-corrected chi connectivity index (χ0v) is 12.2. The van der Waals surface area contributed by atoms with Crippen LogP contribution in [0.4, 0.5) is 0 Å². The number of hydrogen-bond acceptors (Lipinski definition) is 3. The van der Waals surface area contributed by atoms with Crippen molar-refractivity contribution in [1.82, 2.24) is 9.97 Å². The fraction of sp³-hybridized carbons (Fsp3) is 0.176. The number of nitrogens with one attached hydrogen (secondary N) is 1. The minimum atomic E-state index is -0.927. The van der Waals surface area contributed by atoms with Gasteiger partial charge in [-0.05, 0) is 29.8 Å². The highest BCUT2D eigenvalue weighted by Gasteiger charge is 2.05. The summed E-state index contributed by atoms with van der Waals surface area (Å²) in [7, 11) is 0. The Morgan fingerprint density at radius 2 is 2.00 bits per heavy atom. The van der Waals surface area contributed by atoms with Crippen LogP contribution in [-0.2, 0) is 13.0 Å². The molecule has 2 aromatic carbocycles. The summed E-state index contributed by atoms with van der Waals surface area (Å²) in [6.07, 6.45) is 0.862. The lowest BCUT2D eigenvalue weighted by molar-refractivity contribution is 0.0697. The lowest BCUT2D eigenvalue weighted by Crippen LogP contribution is -1.98. The van der Waals surface area contributed by atoms with Crippen molar-refractivity contribution >= 4 is 17.0 Å². The summed E-state index contributed by atoms with van der Waals surface area (Å²) in [5.41, 5.74) is 3.07. The Bertz CT molecular complexity index is 806. The van der Waals surface area contributed by atoms with E-state index in [1.165, 1.54) is 0 Å². The van der Waals surface area contributed by atoms with Crippen LogP contribution in [0.15, 0.2) is 42.5 Å². The second-order valence-electron chi connectivity index (χ2n) is 5.01. The molecule has 1 heterocycles. The van der Waals surface area contributed by atoms with Gasteiger partial charge in [0.2, 0.25) is 0 Å². The molecule has 22 heavy (non-hydrogen) atoms. The molecule has 0 aliphatic carbocycles. The number of aryl methyl sites for hydroxylation is 1. The molecule has 0 saturated carbocycles. The van der Waals surface area contributed by atoms with Gasteiger partial charge in [-0.3, -0.25) is 0 Å². The number of benzene rings is 2. The van der Waals surface area contributed by atoms with Gasteiger partial charge < -0.3 is 14.8 Å². The summed E-state index contributed by atoms with van der Waals surface area (Å²) < 4.78 is 5.75. The second-order valence-corrected chi connectivity index (χ2v) is 5.01. The van der Waals surface area contributed by atoms with Crippen LogP contribution < -0.4 is 4.74 Å². The Kier molecular flexibility index (Phi) is 3.78. The first-order valence-electron chi connectivity index (χ1n) is 7.09. The van der Waals surface area contributed by atoms with Crippen molar-refractivity contribution in [2.45, 2.75) is 20.0 Å². The van der Waals surface area contributed by atoms with E-state index in [1.807, 2.05) is 18.2 Å². The first-order chi connectivity index (χ1) is 10.7. The largest absolute Gasteiger partial charge is 0.489 e. The molecule has 0 aliphatic heterocycles. The van der Waals surface area contributed by atoms with Crippen molar-refractivity contribution in [2.24, 2.45) is 0 Å². The number of aromatic nitrogens is 2. The molecule has 0 amide bonds. The van der Waals surface area contributed by atoms with Crippen molar-refractivity contribution < 1.29 is 14.6 Å². The van der Waals surface area contributed by atoms with E-state index in [0.717, 1.165) is 34.6 Å². The summed E-state index contributed by atoms with van der Waals surface area (Å²) in [6.45, 7) is 2.44. The molecule has 0 radical (unpaired) electrons. The smallest absolute Gasteiger partial charge is 0.335 e. The molecule has 3 rings (SSSR count). The summed E-state index contributed by atoms with van der Waals surface area (Å²) in [4.78, 5) is 18.5. The van der Waals surface area contributed by atoms with E-state index < -0.39 is 5.97 Å². The Balaban J connectivity index is 1.71. The van der Waals surface area contributed by atoms with Gasteiger partial charge in [0.05, 0.1) is 16.6 Å². The Labute approximate surface area is 127 Å². The number of fused-ring (bicyclic) bond motifs is 1. The highest BCUT2D eigenvalue weighted by molar-refractivity contribution is 5.87. The number of H-pyrrole nitrogens is 1. The van der Waals surface area contributed by atoms with Crippen molar-refractivity contribution in [3.63, 3.8) is 0 Å². The maximum absolute atomic E-state index is 10.8. The maximum atomic E-state index is 10.8. The molecule has 2 N–H and O–H groups in total. The van der Waals surface area contributed by atoms with E-state index in [2.05, 4.69) is 16.9 Å². The first-order valence-corrected chi connectivity index (χ1v) is 7.09. The quantitative estimate of drug-likeness (QED) is 0.756. The molecule has 3 aromatic rings. The van der Waals surface area contributed by atoms with Gasteiger partial charge in [0.15, 0.2) is 0 Å². The van der Waals surface area contributed by atoms with Crippen molar-refractivity contribution in [3.05, 3.63) is 59.4 Å². The fourth-order valence-electron chi connectivity index (χ4n) is 2.21. The van der Waals surface area contributed by atoms with E-state index in [0.29, 0.717) is 6.61 Å². The number of hydrogen-bond donors (Lipinski definition) is 2. The highest BCUT2D eigenvalue weighted by Crippen LogP contribution is 2.20. The average Bonchev–Trinajstić information content (AvgIpc) is 2.95. The van der Waals surface area contributed by atoms with Gasteiger partial charge in [-0.25, -0.2) is 9.78 Å². The zero-order valence-electron chi connectivity index (χ0n) is 12.2. The van der Waals surface area contributed by atoms with Crippen molar-refractivity contribution in [3.8, 4) is 5.75 Å². The summed E-state index contributed by atoms with van der Waals surface area (Å²) in [5, 5.41) is 8.87. The number of carboxylic acid groups (broad SMARTS) is 1.